The smallest absolute Gasteiger partial charge is 0.267 e. The molecule has 124 valence electrons. The van der Waals surface area contributed by atoms with Crippen LogP contribution in [0, 0.1) is 13.8 Å². The van der Waals surface area contributed by atoms with Gasteiger partial charge in [-0.3, -0.25) is 4.79 Å². The first kappa shape index (κ1) is 16.3. The number of carbonyl (C=O) groups is 1. The zero-order valence-corrected chi connectivity index (χ0v) is 14.3. The molecule has 0 unspecified atom stereocenters. The Morgan fingerprint density at radius 2 is 1.92 bits per heavy atom. The van der Waals surface area contributed by atoms with Crippen molar-refractivity contribution in [2.45, 2.75) is 27.0 Å². The van der Waals surface area contributed by atoms with Gasteiger partial charge in [0.1, 0.15) is 5.69 Å². The summed E-state index contributed by atoms with van der Waals surface area (Å²) in [6, 6.07) is 14.1. The summed E-state index contributed by atoms with van der Waals surface area (Å²) in [6.07, 6.45) is 0. The standard InChI is InChI=1S/C20H22N2O2/c1-13-7-14(2)17-10-19(22-18(17)8-13)20(23)21-11-15-5-4-6-16(9-15)12-24-3/h4-10,22H,11-12H2,1-3H3,(H,21,23). The van der Waals surface area contributed by atoms with Crippen LogP contribution in [0.25, 0.3) is 10.9 Å². The van der Waals surface area contributed by atoms with Gasteiger partial charge in [0.25, 0.3) is 5.91 Å². The number of aromatic nitrogens is 1. The van der Waals surface area contributed by atoms with E-state index in [1.54, 1.807) is 7.11 Å². The molecule has 0 aliphatic heterocycles. The Labute approximate surface area is 141 Å². The van der Waals surface area contributed by atoms with Gasteiger partial charge in [-0.2, -0.15) is 0 Å². The maximum atomic E-state index is 12.4. The van der Waals surface area contributed by atoms with Crippen molar-refractivity contribution >= 4 is 16.8 Å². The summed E-state index contributed by atoms with van der Waals surface area (Å²) in [5.41, 5.74) is 6.10. The molecule has 0 saturated carbocycles. The number of aromatic amines is 1. The molecule has 2 N–H and O–H groups in total. The van der Waals surface area contributed by atoms with E-state index < -0.39 is 0 Å². The van der Waals surface area contributed by atoms with Gasteiger partial charge in [-0.1, -0.05) is 30.3 Å². The lowest BCUT2D eigenvalue weighted by atomic mass is 10.1. The van der Waals surface area contributed by atoms with Crippen LogP contribution < -0.4 is 5.32 Å². The fourth-order valence-electron chi connectivity index (χ4n) is 3.00. The molecule has 4 nitrogen and oxygen atoms in total. The van der Waals surface area contributed by atoms with E-state index in [4.69, 9.17) is 4.74 Å². The van der Waals surface area contributed by atoms with Crippen LogP contribution >= 0.6 is 0 Å². The Bertz CT molecular complexity index is 880. The first-order chi connectivity index (χ1) is 11.6. The number of carbonyl (C=O) groups excluding carboxylic acids is 1. The maximum absolute atomic E-state index is 12.4. The predicted molar refractivity (Wildman–Crippen MR) is 96.1 cm³/mol. The molecule has 4 heteroatoms. The first-order valence-corrected chi connectivity index (χ1v) is 8.02. The van der Waals surface area contributed by atoms with Crippen molar-refractivity contribution < 1.29 is 9.53 Å². The van der Waals surface area contributed by atoms with Gasteiger partial charge in [0.2, 0.25) is 0 Å². The van der Waals surface area contributed by atoms with E-state index in [9.17, 15) is 4.79 Å². The van der Waals surface area contributed by atoms with E-state index in [-0.39, 0.29) is 5.91 Å². The Morgan fingerprint density at radius 1 is 1.12 bits per heavy atom. The van der Waals surface area contributed by atoms with E-state index in [0.29, 0.717) is 18.8 Å². The number of rotatable bonds is 5. The molecule has 0 aliphatic carbocycles. The average Bonchev–Trinajstić information content (AvgIpc) is 2.98. The molecule has 1 heterocycles. The van der Waals surface area contributed by atoms with Crippen LogP contribution in [-0.4, -0.2) is 18.0 Å². The molecule has 3 rings (SSSR count). The van der Waals surface area contributed by atoms with Gasteiger partial charge >= 0.3 is 0 Å². The molecule has 0 atom stereocenters. The van der Waals surface area contributed by atoms with Crippen LogP contribution in [0.2, 0.25) is 0 Å². The van der Waals surface area contributed by atoms with Crippen LogP contribution in [-0.2, 0) is 17.9 Å². The minimum absolute atomic E-state index is 0.0969. The molecule has 0 fully saturated rings. The van der Waals surface area contributed by atoms with Gasteiger partial charge < -0.3 is 15.0 Å². The largest absolute Gasteiger partial charge is 0.380 e. The molecule has 2 aromatic carbocycles. The summed E-state index contributed by atoms with van der Waals surface area (Å²) in [5, 5.41) is 4.06. The number of ether oxygens (including phenoxy) is 1. The predicted octanol–water partition coefficient (Wildman–Crippen LogP) is 3.86. The fourth-order valence-corrected chi connectivity index (χ4v) is 3.00. The van der Waals surface area contributed by atoms with Crippen molar-refractivity contribution in [1.29, 1.82) is 0 Å². The number of aryl methyl sites for hydroxylation is 2. The van der Waals surface area contributed by atoms with Crippen molar-refractivity contribution in [1.82, 2.24) is 10.3 Å². The number of nitrogens with one attached hydrogen (secondary N) is 2. The van der Waals surface area contributed by atoms with Crippen LogP contribution in [0.4, 0.5) is 0 Å². The Kier molecular flexibility index (Phi) is 4.67. The number of hydrogen-bond donors (Lipinski definition) is 2. The van der Waals surface area contributed by atoms with Gasteiger partial charge in [-0.05, 0) is 48.2 Å². The van der Waals surface area contributed by atoms with Crippen LogP contribution in [0.5, 0.6) is 0 Å². The zero-order valence-electron chi connectivity index (χ0n) is 14.3. The zero-order chi connectivity index (χ0) is 17.1. The Balaban J connectivity index is 1.73. The number of hydrogen-bond acceptors (Lipinski definition) is 2. The summed E-state index contributed by atoms with van der Waals surface area (Å²) in [7, 11) is 1.67. The van der Waals surface area contributed by atoms with Gasteiger partial charge in [-0.15, -0.1) is 0 Å². The van der Waals surface area contributed by atoms with E-state index in [1.807, 2.05) is 30.3 Å². The Hall–Kier alpha value is -2.59. The number of benzene rings is 2. The van der Waals surface area contributed by atoms with Crippen molar-refractivity contribution in [3.63, 3.8) is 0 Å². The van der Waals surface area contributed by atoms with Gasteiger partial charge in [0, 0.05) is 24.6 Å². The molecule has 24 heavy (non-hydrogen) atoms. The van der Waals surface area contributed by atoms with Crippen molar-refractivity contribution in [3.8, 4) is 0 Å². The second-order valence-corrected chi connectivity index (χ2v) is 6.16. The highest BCUT2D eigenvalue weighted by Crippen LogP contribution is 2.21. The summed E-state index contributed by atoms with van der Waals surface area (Å²) < 4.78 is 5.14. The minimum atomic E-state index is -0.0969. The molecule has 1 amide bonds. The fraction of sp³-hybridized carbons (Fsp3) is 0.250. The third kappa shape index (κ3) is 3.49. The van der Waals surface area contributed by atoms with Crippen LogP contribution in [0.1, 0.15) is 32.7 Å². The lowest BCUT2D eigenvalue weighted by Crippen LogP contribution is -2.23. The monoisotopic (exact) mass is 322 g/mol. The molecular weight excluding hydrogens is 300 g/mol. The summed E-state index contributed by atoms with van der Waals surface area (Å²) in [5.74, 6) is -0.0969. The van der Waals surface area contributed by atoms with E-state index >= 15 is 0 Å². The number of fused-ring (bicyclic) bond motifs is 1. The number of amides is 1. The van der Waals surface area contributed by atoms with E-state index in [0.717, 1.165) is 22.0 Å². The number of H-pyrrole nitrogens is 1. The molecule has 1 aromatic heterocycles. The topological polar surface area (TPSA) is 54.1 Å². The highest BCUT2D eigenvalue weighted by Gasteiger charge is 2.11. The molecule has 0 radical (unpaired) electrons. The van der Waals surface area contributed by atoms with Crippen molar-refractivity contribution in [3.05, 3.63) is 70.4 Å². The lowest BCUT2D eigenvalue weighted by Gasteiger charge is -2.06. The molecular formula is C20H22N2O2. The van der Waals surface area contributed by atoms with Crippen molar-refractivity contribution in [2.75, 3.05) is 7.11 Å². The molecule has 0 aliphatic rings. The highest BCUT2D eigenvalue weighted by atomic mass is 16.5. The quantitative estimate of drug-likeness (QED) is 0.749. The third-order valence-corrected chi connectivity index (χ3v) is 4.09. The minimum Gasteiger partial charge on any atom is -0.380 e. The van der Waals surface area contributed by atoms with E-state index in [2.05, 4.69) is 36.3 Å². The third-order valence-electron chi connectivity index (χ3n) is 4.09. The van der Waals surface area contributed by atoms with Gasteiger partial charge in [0.05, 0.1) is 6.61 Å². The second kappa shape index (κ2) is 6.89. The van der Waals surface area contributed by atoms with Gasteiger partial charge in [0.15, 0.2) is 0 Å². The van der Waals surface area contributed by atoms with Crippen molar-refractivity contribution in [2.24, 2.45) is 0 Å². The molecule has 0 bridgehead atoms. The van der Waals surface area contributed by atoms with Crippen LogP contribution in [0.3, 0.4) is 0 Å². The lowest BCUT2D eigenvalue weighted by molar-refractivity contribution is 0.0946. The Morgan fingerprint density at radius 3 is 2.71 bits per heavy atom. The normalized spacial score (nSPS) is 11.0. The second-order valence-electron chi connectivity index (χ2n) is 6.16. The first-order valence-electron chi connectivity index (χ1n) is 8.02. The molecule has 0 saturated heterocycles. The summed E-state index contributed by atoms with van der Waals surface area (Å²) in [6.45, 7) is 5.18. The van der Waals surface area contributed by atoms with Crippen LogP contribution in [0.15, 0.2) is 42.5 Å². The SMILES string of the molecule is COCc1cccc(CNC(=O)c2cc3c(C)cc(C)cc3[nH]2)c1. The van der Waals surface area contributed by atoms with E-state index in [1.165, 1.54) is 11.1 Å². The highest BCUT2D eigenvalue weighted by molar-refractivity contribution is 5.98. The molecule has 3 aromatic rings. The maximum Gasteiger partial charge on any atom is 0.267 e. The summed E-state index contributed by atoms with van der Waals surface area (Å²) >= 11 is 0. The number of methoxy groups -OCH3 is 1. The summed E-state index contributed by atoms with van der Waals surface area (Å²) in [4.78, 5) is 15.6. The van der Waals surface area contributed by atoms with Gasteiger partial charge in [-0.25, -0.2) is 0 Å². The molecule has 0 spiro atoms. The average molecular weight is 322 g/mol.